The minimum absolute atomic E-state index is 0.280. The van der Waals surface area contributed by atoms with E-state index in [2.05, 4.69) is 55.0 Å². The standard InChI is InChI=1S/C16H26N2O/c1-13-4-6-15(7-5-13)11-18-12-16(8-9-19)17(3)10-14(18)2/h4-7,14,16,19H,8-12H2,1-3H3. The van der Waals surface area contributed by atoms with Crippen LogP contribution in [0.25, 0.3) is 0 Å². The van der Waals surface area contributed by atoms with Gasteiger partial charge in [-0.05, 0) is 32.9 Å². The molecule has 0 amide bonds. The van der Waals surface area contributed by atoms with Crippen LogP contribution in [0, 0.1) is 6.92 Å². The summed E-state index contributed by atoms with van der Waals surface area (Å²) in [5.41, 5.74) is 2.69. The van der Waals surface area contributed by atoms with Gasteiger partial charge in [0.2, 0.25) is 0 Å². The summed E-state index contributed by atoms with van der Waals surface area (Å²) >= 11 is 0. The van der Waals surface area contributed by atoms with Gasteiger partial charge in [-0.2, -0.15) is 0 Å². The van der Waals surface area contributed by atoms with Crippen LogP contribution in [0.15, 0.2) is 24.3 Å². The Hall–Kier alpha value is -0.900. The van der Waals surface area contributed by atoms with Gasteiger partial charge in [-0.3, -0.25) is 4.90 Å². The van der Waals surface area contributed by atoms with Crippen LogP contribution in [0.4, 0.5) is 0 Å². The minimum atomic E-state index is 0.280. The molecule has 2 unspecified atom stereocenters. The fourth-order valence-electron chi connectivity index (χ4n) is 2.88. The second-order valence-electron chi connectivity index (χ2n) is 5.87. The van der Waals surface area contributed by atoms with E-state index in [1.807, 2.05) is 0 Å². The molecule has 1 heterocycles. The Labute approximate surface area is 116 Å². The highest BCUT2D eigenvalue weighted by Gasteiger charge is 2.28. The Morgan fingerprint density at radius 2 is 1.89 bits per heavy atom. The smallest absolute Gasteiger partial charge is 0.0446 e. The van der Waals surface area contributed by atoms with Crippen molar-refractivity contribution in [3.63, 3.8) is 0 Å². The quantitative estimate of drug-likeness (QED) is 0.897. The van der Waals surface area contributed by atoms with Crippen molar-refractivity contribution in [2.24, 2.45) is 0 Å². The molecule has 3 heteroatoms. The van der Waals surface area contributed by atoms with E-state index >= 15 is 0 Å². The summed E-state index contributed by atoms with van der Waals surface area (Å²) < 4.78 is 0. The molecule has 0 saturated carbocycles. The average Bonchev–Trinajstić information content (AvgIpc) is 2.38. The van der Waals surface area contributed by atoms with Gasteiger partial charge in [0.15, 0.2) is 0 Å². The Morgan fingerprint density at radius 1 is 1.21 bits per heavy atom. The third-order valence-corrected chi connectivity index (χ3v) is 4.21. The van der Waals surface area contributed by atoms with E-state index in [9.17, 15) is 0 Å². The lowest BCUT2D eigenvalue weighted by Crippen LogP contribution is -2.55. The Balaban J connectivity index is 2.00. The molecule has 0 aromatic heterocycles. The van der Waals surface area contributed by atoms with E-state index < -0.39 is 0 Å². The molecule has 19 heavy (non-hydrogen) atoms. The summed E-state index contributed by atoms with van der Waals surface area (Å²) in [5, 5.41) is 9.16. The molecule has 1 fully saturated rings. The molecule has 1 aliphatic rings. The summed E-state index contributed by atoms with van der Waals surface area (Å²) in [6.45, 7) is 7.83. The number of likely N-dealkylation sites (N-methyl/N-ethyl adjacent to an activating group) is 1. The van der Waals surface area contributed by atoms with Crippen LogP contribution in [0.5, 0.6) is 0 Å². The van der Waals surface area contributed by atoms with Crippen molar-refractivity contribution in [3.8, 4) is 0 Å². The molecular formula is C16H26N2O. The average molecular weight is 262 g/mol. The molecule has 0 spiro atoms. The van der Waals surface area contributed by atoms with Crippen LogP contribution in [-0.2, 0) is 6.54 Å². The first-order valence-electron chi connectivity index (χ1n) is 7.21. The fourth-order valence-corrected chi connectivity index (χ4v) is 2.88. The second kappa shape index (κ2) is 6.51. The SMILES string of the molecule is Cc1ccc(CN2CC(CCO)N(C)CC2C)cc1. The summed E-state index contributed by atoms with van der Waals surface area (Å²) in [6.07, 6.45) is 0.869. The summed E-state index contributed by atoms with van der Waals surface area (Å²) in [7, 11) is 2.17. The molecule has 3 nitrogen and oxygen atoms in total. The van der Waals surface area contributed by atoms with Gasteiger partial charge in [0.25, 0.3) is 0 Å². The van der Waals surface area contributed by atoms with Gasteiger partial charge in [-0.1, -0.05) is 29.8 Å². The van der Waals surface area contributed by atoms with Crippen molar-refractivity contribution in [2.45, 2.75) is 38.9 Å². The predicted molar refractivity (Wildman–Crippen MR) is 79.2 cm³/mol. The lowest BCUT2D eigenvalue weighted by molar-refractivity contribution is 0.0359. The third-order valence-electron chi connectivity index (χ3n) is 4.21. The van der Waals surface area contributed by atoms with Crippen LogP contribution >= 0.6 is 0 Å². The summed E-state index contributed by atoms with van der Waals surface area (Å²) in [4.78, 5) is 4.91. The van der Waals surface area contributed by atoms with Crippen molar-refractivity contribution >= 4 is 0 Å². The normalized spacial score (nSPS) is 25.7. The Bertz CT molecular complexity index is 390. The number of aliphatic hydroxyl groups is 1. The number of aryl methyl sites for hydroxylation is 1. The maximum Gasteiger partial charge on any atom is 0.0446 e. The number of hydrogen-bond acceptors (Lipinski definition) is 3. The highest BCUT2D eigenvalue weighted by molar-refractivity contribution is 5.21. The Morgan fingerprint density at radius 3 is 2.53 bits per heavy atom. The van der Waals surface area contributed by atoms with E-state index in [0.717, 1.165) is 26.1 Å². The number of hydrogen-bond donors (Lipinski definition) is 1. The maximum absolute atomic E-state index is 9.16. The predicted octanol–water partition coefficient (Wildman–Crippen LogP) is 1.88. The van der Waals surface area contributed by atoms with Gasteiger partial charge in [-0.15, -0.1) is 0 Å². The molecule has 106 valence electrons. The van der Waals surface area contributed by atoms with E-state index in [4.69, 9.17) is 5.11 Å². The second-order valence-corrected chi connectivity index (χ2v) is 5.87. The number of aliphatic hydroxyl groups excluding tert-OH is 1. The number of nitrogens with zero attached hydrogens (tertiary/aromatic N) is 2. The zero-order chi connectivity index (χ0) is 13.8. The molecule has 0 aliphatic carbocycles. The first-order chi connectivity index (χ1) is 9.10. The zero-order valence-electron chi connectivity index (χ0n) is 12.3. The van der Waals surface area contributed by atoms with Gasteiger partial charge in [-0.25, -0.2) is 0 Å². The molecule has 1 aromatic rings. The summed E-state index contributed by atoms with van der Waals surface area (Å²) in [5.74, 6) is 0. The van der Waals surface area contributed by atoms with Gasteiger partial charge in [0, 0.05) is 38.3 Å². The maximum atomic E-state index is 9.16. The van der Waals surface area contributed by atoms with Gasteiger partial charge >= 0.3 is 0 Å². The van der Waals surface area contributed by atoms with Gasteiger partial charge < -0.3 is 10.0 Å². The molecule has 0 bridgehead atoms. The van der Waals surface area contributed by atoms with E-state index in [-0.39, 0.29) is 6.61 Å². The number of rotatable bonds is 4. The van der Waals surface area contributed by atoms with Crippen LogP contribution in [0.2, 0.25) is 0 Å². The molecule has 1 aromatic carbocycles. The molecule has 1 aliphatic heterocycles. The minimum Gasteiger partial charge on any atom is -0.396 e. The van der Waals surface area contributed by atoms with Crippen molar-refractivity contribution in [1.82, 2.24) is 9.80 Å². The van der Waals surface area contributed by atoms with Crippen molar-refractivity contribution in [3.05, 3.63) is 35.4 Å². The van der Waals surface area contributed by atoms with Gasteiger partial charge in [0.1, 0.15) is 0 Å². The number of benzene rings is 1. The molecule has 2 rings (SSSR count). The van der Waals surface area contributed by atoms with Crippen LogP contribution in [0.3, 0.4) is 0 Å². The van der Waals surface area contributed by atoms with E-state index in [1.54, 1.807) is 0 Å². The van der Waals surface area contributed by atoms with Crippen LogP contribution < -0.4 is 0 Å². The lowest BCUT2D eigenvalue weighted by Gasteiger charge is -2.43. The third kappa shape index (κ3) is 3.78. The van der Waals surface area contributed by atoms with Crippen molar-refractivity contribution < 1.29 is 5.11 Å². The highest BCUT2D eigenvalue weighted by Crippen LogP contribution is 2.18. The highest BCUT2D eigenvalue weighted by atomic mass is 16.3. The molecule has 2 atom stereocenters. The topological polar surface area (TPSA) is 26.7 Å². The zero-order valence-corrected chi connectivity index (χ0v) is 12.3. The fraction of sp³-hybridized carbons (Fsp3) is 0.625. The van der Waals surface area contributed by atoms with E-state index in [0.29, 0.717) is 12.1 Å². The first-order valence-corrected chi connectivity index (χ1v) is 7.21. The lowest BCUT2D eigenvalue weighted by atomic mass is 10.0. The van der Waals surface area contributed by atoms with E-state index in [1.165, 1.54) is 11.1 Å². The van der Waals surface area contributed by atoms with Crippen molar-refractivity contribution in [1.29, 1.82) is 0 Å². The molecule has 1 N–H and O–H groups in total. The summed E-state index contributed by atoms with van der Waals surface area (Å²) in [6, 6.07) is 9.86. The Kier molecular flexibility index (Phi) is 4.97. The van der Waals surface area contributed by atoms with Crippen LogP contribution in [-0.4, -0.2) is 53.7 Å². The number of piperazine rings is 1. The van der Waals surface area contributed by atoms with Crippen molar-refractivity contribution in [2.75, 3.05) is 26.7 Å². The van der Waals surface area contributed by atoms with Gasteiger partial charge in [0.05, 0.1) is 0 Å². The van der Waals surface area contributed by atoms with Crippen LogP contribution in [0.1, 0.15) is 24.5 Å². The molecule has 0 radical (unpaired) electrons. The first kappa shape index (κ1) is 14.5. The largest absolute Gasteiger partial charge is 0.396 e. The molecule has 1 saturated heterocycles. The molecular weight excluding hydrogens is 236 g/mol. The monoisotopic (exact) mass is 262 g/mol.